The van der Waals surface area contributed by atoms with E-state index in [4.69, 9.17) is 4.74 Å². The molecule has 2 aromatic rings. The molecule has 0 aliphatic heterocycles. The van der Waals surface area contributed by atoms with Gasteiger partial charge >= 0.3 is 0 Å². The molecule has 0 saturated carbocycles. The second-order valence-corrected chi connectivity index (χ2v) is 6.39. The maximum absolute atomic E-state index is 5.79. The van der Waals surface area contributed by atoms with Crippen LogP contribution in [0.15, 0.2) is 53.0 Å². The van der Waals surface area contributed by atoms with Gasteiger partial charge in [0.2, 0.25) is 0 Å². The van der Waals surface area contributed by atoms with Crippen molar-refractivity contribution in [2.45, 2.75) is 39.6 Å². The van der Waals surface area contributed by atoms with E-state index in [2.05, 4.69) is 71.5 Å². The first kappa shape index (κ1) is 16.2. The molecule has 2 nitrogen and oxygen atoms in total. The van der Waals surface area contributed by atoms with Crippen molar-refractivity contribution in [3.05, 3.63) is 69.7 Å². The standard InChI is InChI=1S/C18H22BrNO/c1-14(2)20-11-16-4-3-5-17(10-16)13-21-12-15-6-8-18(19)9-7-15/h3-10,14,20H,11-13H2,1-2H3. The number of hydrogen-bond donors (Lipinski definition) is 1. The second kappa shape index (κ2) is 8.32. The molecule has 0 unspecified atom stereocenters. The number of hydrogen-bond acceptors (Lipinski definition) is 2. The van der Waals surface area contributed by atoms with Crippen LogP contribution in [0, 0.1) is 0 Å². The van der Waals surface area contributed by atoms with Gasteiger partial charge < -0.3 is 10.1 Å². The molecular weight excluding hydrogens is 326 g/mol. The number of rotatable bonds is 7. The summed E-state index contributed by atoms with van der Waals surface area (Å²) in [5, 5.41) is 3.43. The van der Waals surface area contributed by atoms with Gasteiger partial charge in [-0.1, -0.05) is 66.2 Å². The fourth-order valence-electron chi connectivity index (χ4n) is 2.02. The van der Waals surface area contributed by atoms with E-state index in [1.54, 1.807) is 0 Å². The van der Waals surface area contributed by atoms with E-state index < -0.39 is 0 Å². The molecule has 0 aliphatic rings. The summed E-state index contributed by atoms with van der Waals surface area (Å²) in [7, 11) is 0. The molecule has 0 aromatic heterocycles. The van der Waals surface area contributed by atoms with E-state index in [-0.39, 0.29) is 0 Å². The summed E-state index contributed by atoms with van der Waals surface area (Å²) in [6, 6.07) is 17.3. The lowest BCUT2D eigenvalue weighted by Crippen LogP contribution is -2.21. The van der Waals surface area contributed by atoms with E-state index in [1.165, 1.54) is 16.7 Å². The minimum Gasteiger partial charge on any atom is -0.372 e. The van der Waals surface area contributed by atoms with Crippen LogP contribution in [-0.4, -0.2) is 6.04 Å². The first-order valence-electron chi connectivity index (χ1n) is 7.27. The molecule has 0 heterocycles. The van der Waals surface area contributed by atoms with Gasteiger partial charge in [-0.15, -0.1) is 0 Å². The summed E-state index contributed by atoms with van der Waals surface area (Å²) in [5.74, 6) is 0. The van der Waals surface area contributed by atoms with Gasteiger partial charge in [0, 0.05) is 17.1 Å². The second-order valence-electron chi connectivity index (χ2n) is 5.47. The Bertz CT molecular complexity index is 551. The largest absolute Gasteiger partial charge is 0.372 e. The van der Waals surface area contributed by atoms with Crippen LogP contribution >= 0.6 is 15.9 Å². The Balaban J connectivity index is 1.82. The van der Waals surface area contributed by atoms with Crippen LogP contribution < -0.4 is 5.32 Å². The van der Waals surface area contributed by atoms with Gasteiger partial charge in [0.05, 0.1) is 13.2 Å². The van der Waals surface area contributed by atoms with Crippen molar-refractivity contribution in [3.8, 4) is 0 Å². The van der Waals surface area contributed by atoms with Crippen LogP contribution in [0.25, 0.3) is 0 Å². The van der Waals surface area contributed by atoms with Crippen LogP contribution in [0.5, 0.6) is 0 Å². The molecule has 0 saturated heterocycles. The van der Waals surface area contributed by atoms with Crippen LogP contribution in [0.4, 0.5) is 0 Å². The van der Waals surface area contributed by atoms with E-state index in [0.29, 0.717) is 19.3 Å². The zero-order chi connectivity index (χ0) is 15.1. The molecular formula is C18H22BrNO. The number of ether oxygens (including phenoxy) is 1. The van der Waals surface area contributed by atoms with E-state index in [9.17, 15) is 0 Å². The minimum absolute atomic E-state index is 0.502. The summed E-state index contributed by atoms with van der Waals surface area (Å²) in [6.45, 7) is 6.50. The topological polar surface area (TPSA) is 21.3 Å². The molecule has 3 heteroatoms. The van der Waals surface area contributed by atoms with Crippen LogP contribution in [0.1, 0.15) is 30.5 Å². The zero-order valence-electron chi connectivity index (χ0n) is 12.6. The highest BCUT2D eigenvalue weighted by atomic mass is 79.9. The van der Waals surface area contributed by atoms with Gasteiger partial charge in [-0.2, -0.15) is 0 Å². The third-order valence-electron chi connectivity index (χ3n) is 3.16. The summed E-state index contributed by atoms with van der Waals surface area (Å²) in [5.41, 5.74) is 3.71. The van der Waals surface area contributed by atoms with Crippen molar-refractivity contribution in [1.29, 1.82) is 0 Å². The third kappa shape index (κ3) is 6.00. The van der Waals surface area contributed by atoms with Crippen molar-refractivity contribution in [2.75, 3.05) is 0 Å². The summed E-state index contributed by atoms with van der Waals surface area (Å²) >= 11 is 3.44. The lowest BCUT2D eigenvalue weighted by molar-refractivity contribution is 0.107. The van der Waals surface area contributed by atoms with E-state index >= 15 is 0 Å². The number of benzene rings is 2. The predicted octanol–water partition coefficient (Wildman–Crippen LogP) is 4.66. The highest BCUT2D eigenvalue weighted by Crippen LogP contribution is 2.12. The molecule has 2 aromatic carbocycles. The van der Waals surface area contributed by atoms with Crippen molar-refractivity contribution < 1.29 is 4.74 Å². The monoisotopic (exact) mass is 347 g/mol. The first-order valence-corrected chi connectivity index (χ1v) is 8.06. The van der Waals surface area contributed by atoms with Gasteiger partial charge in [0.25, 0.3) is 0 Å². The maximum Gasteiger partial charge on any atom is 0.0721 e. The minimum atomic E-state index is 0.502. The molecule has 112 valence electrons. The molecule has 2 rings (SSSR count). The van der Waals surface area contributed by atoms with Gasteiger partial charge in [-0.25, -0.2) is 0 Å². The average molecular weight is 348 g/mol. The molecule has 21 heavy (non-hydrogen) atoms. The SMILES string of the molecule is CC(C)NCc1cccc(COCc2ccc(Br)cc2)c1. The lowest BCUT2D eigenvalue weighted by atomic mass is 10.1. The highest BCUT2D eigenvalue weighted by Gasteiger charge is 1.99. The Kier molecular flexibility index (Phi) is 6.43. The van der Waals surface area contributed by atoms with Gasteiger partial charge in [0.15, 0.2) is 0 Å². The third-order valence-corrected chi connectivity index (χ3v) is 3.69. The van der Waals surface area contributed by atoms with Crippen molar-refractivity contribution in [3.63, 3.8) is 0 Å². The molecule has 1 N–H and O–H groups in total. The predicted molar refractivity (Wildman–Crippen MR) is 91.1 cm³/mol. The van der Waals surface area contributed by atoms with E-state index in [0.717, 1.165) is 11.0 Å². The zero-order valence-corrected chi connectivity index (χ0v) is 14.2. The van der Waals surface area contributed by atoms with Gasteiger partial charge in [0.1, 0.15) is 0 Å². The van der Waals surface area contributed by atoms with Crippen molar-refractivity contribution >= 4 is 15.9 Å². The lowest BCUT2D eigenvalue weighted by Gasteiger charge is -2.10. The molecule has 0 aliphatic carbocycles. The smallest absolute Gasteiger partial charge is 0.0721 e. The Morgan fingerprint density at radius 3 is 2.33 bits per heavy atom. The fourth-order valence-corrected chi connectivity index (χ4v) is 2.28. The molecule has 0 fully saturated rings. The fraction of sp³-hybridized carbons (Fsp3) is 0.333. The Morgan fingerprint density at radius 2 is 1.62 bits per heavy atom. The van der Waals surface area contributed by atoms with Crippen molar-refractivity contribution in [2.24, 2.45) is 0 Å². The summed E-state index contributed by atoms with van der Waals surface area (Å²) < 4.78 is 6.88. The van der Waals surface area contributed by atoms with Crippen LogP contribution in [0.3, 0.4) is 0 Å². The normalized spacial score (nSPS) is 11.0. The Hall–Kier alpha value is -1.16. The van der Waals surface area contributed by atoms with Gasteiger partial charge in [-0.3, -0.25) is 0 Å². The van der Waals surface area contributed by atoms with E-state index in [1.807, 2.05) is 12.1 Å². The summed E-state index contributed by atoms with van der Waals surface area (Å²) in [4.78, 5) is 0. The Morgan fingerprint density at radius 1 is 0.952 bits per heavy atom. The Labute approximate surface area is 135 Å². The average Bonchev–Trinajstić information content (AvgIpc) is 2.48. The first-order chi connectivity index (χ1) is 10.1. The molecule has 0 radical (unpaired) electrons. The number of halogens is 1. The molecule has 0 spiro atoms. The molecule has 0 atom stereocenters. The van der Waals surface area contributed by atoms with Crippen LogP contribution in [-0.2, 0) is 24.5 Å². The van der Waals surface area contributed by atoms with Gasteiger partial charge in [-0.05, 0) is 28.8 Å². The van der Waals surface area contributed by atoms with Crippen LogP contribution in [0.2, 0.25) is 0 Å². The van der Waals surface area contributed by atoms with Crippen molar-refractivity contribution in [1.82, 2.24) is 5.32 Å². The highest BCUT2D eigenvalue weighted by molar-refractivity contribution is 9.10. The summed E-state index contributed by atoms with van der Waals surface area (Å²) in [6.07, 6.45) is 0. The maximum atomic E-state index is 5.79. The molecule has 0 bridgehead atoms. The molecule has 0 amide bonds. The number of nitrogens with one attached hydrogen (secondary N) is 1. The quantitative estimate of drug-likeness (QED) is 0.786.